The molecule has 0 saturated carbocycles. The van der Waals surface area contributed by atoms with Gasteiger partial charge in [0.1, 0.15) is 5.76 Å². The molecule has 2 N–H and O–H groups in total. The molecule has 2 aromatic rings. The van der Waals surface area contributed by atoms with Crippen molar-refractivity contribution in [3.05, 3.63) is 58.5 Å². The molecule has 2 rings (SSSR count). The van der Waals surface area contributed by atoms with Crippen LogP contribution in [-0.2, 0) is 6.54 Å². The lowest BCUT2D eigenvalue weighted by atomic mass is 10.3. The maximum absolute atomic E-state index is 10.5. The van der Waals surface area contributed by atoms with E-state index in [0.717, 1.165) is 24.5 Å². The van der Waals surface area contributed by atoms with Crippen molar-refractivity contribution in [3.63, 3.8) is 0 Å². The van der Waals surface area contributed by atoms with E-state index in [1.54, 1.807) is 18.4 Å². The van der Waals surface area contributed by atoms with Crippen LogP contribution in [0.1, 0.15) is 5.76 Å². The molecule has 0 amide bonds. The van der Waals surface area contributed by atoms with Gasteiger partial charge in [0.25, 0.3) is 5.69 Å². The van der Waals surface area contributed by atoms with Gasteiger partial charge >= 0.3 is 0 Å². The van der Waals surface area contributed by atoms with Gasteiger partial charge in [-0.2, -0.15) is 0 Å². The summed E-state index contributed by atoms with van der Waals surface area (Å²) in [6, 6.07) is 10.1. The fourth-order valence-electron chi connectivity index (χ4n) is 1.62. The van der Waals surface area contributed by atoms with Gasteiger partial charge < -0.3 is 15.1 Å². The first-order chi connectivity index (χ1) is 9.25. The monoisotopic (exact) mass is 333 g/mol. The summed E-state index contributed by atoms with van der Waals surface area (Å²) < 4.78 is 5.19. The summed E-state index contributed by atoms with van der Waals surface area (Å²) in [5.41, 5.74) is 0.965. The topological polar surface area (TPSA) is 80.3 Å². The van der Waals surface area contributed by atoms with Crippen molar-refractivity contribution in [2.24, 2.45) is 0 Å². The number of hydrogen-bond donors (Lipinski definition) is 2. The maximum atomic E-state index is 10.5. The standard InChI is InChI=1S/C13H15N3O3.2ClH/c17-16(18)12-5-3-11(4-6-12)15-8-7-14-10-13-2-1-9-19-13;;/h1-6,9,14-15H,7-8,10H2;2*1H. The number of nitrogens with zero attached hydrogens (tertiary/aromatic N) is 1. The van der Waals surface area contributed by atoms with Crippen molar-refractivity contribution in [1.29, 1.82) is 0 Å². The summed E-state index contributed by atoms with van der Waals surface area (Å²) in [4.78, 5) is 10.1. The van der Waals surface area contributed by atoms with Crippen LogP contribution in [0.2, 0.25) is 0 Å². The number of non-ortho nitro benzene ring substituents is 1. The largest absolute Gasteiger partial charge is 0.468 e. The molecule has 116 valence electrons. The summed E-state index contributed by atoms with van der Waals surface area (Å²) in [5.74, 6) is 0.898. The van der Waals surface area contributed by atoms with Crippen LogP contribution >= 0.6 is 24.8 Å². The number of nitrogens with one attached hydrogen (secondary N) is 2. The van der Waals surface area contributed by atoms with Crippen LogP contribution in [0.15, 0.2) is 47.1 Å². The lowest BCUT2D eigenvalue weighted by Crippen LogP contribution is -2.21. The number of benzene rings is 1. The number of hydrogen-bond acceptors (Lipinski definition) is 5. The first-order valence-corrected chi connectivity index (χ1v) is 5.97. The Bertz CT molecular complexity index is 518. The second kappa shape index (κ2) is 10.0. The Kier molecular flexibility index (Phi) is 9.20. The molecule has 6 nitrogen and oxygen atoms in total. The predicted octanol–water partition coefficient (Wildman–Crippen LogP) is 3.23. The molecule has 0 fully saturated rings. The molecule has 0 atom stereocenters. The highest BCUT2D eigenvalue weighted by atomic mass is 35.5. The Morgan fingerprint density at radius 2 is 1.81 bits per heavy atom. The minimum absolute atomic E-state index is 0. The molecule has 8 heteroatoms. The van der Waals surface area contributed by atoms with Crippen LogP contribution in [0.3, 0.4) is 0 Å². The van der Waals surface area contributed by atoms with Gasteiger partial charge in [0.2, 0.25) is 0 Å². The fraction of sp³-hybridized carbons (Fsp3) is 0.231. The second-order valence-corrected chi connectivity index (χ2v) is 3.99. The van der Waals surface area contributed by atoms with Gasteiger partial charge in [-0.3, -0.25) is 10.1 Å². The average Bonchev–Trinajstić information content (AvgIpc) is 2.92. The Balaban J connectivity index is 0.00000200. The quantitative estimate of drug-likeness (QED) is 0.462. The van der Waals surface area contributed by atoms with E-state index in [0.29, 0.717) is 6.54 Å². The predicted molar refractivity (Wildman–Crippen MR) is 86.5 cm³/mol. The maximum Gasteiger partial charge on any atom is 0.269 e. The highest BCUT2D eigenvalue weighted by Gasteiger charge is 2.03. The molecule has 0 radical (unpaired) electrons. The zero-order chi connectivity index (χ0) is 13.5. The Morgan fingerprint density at radius 3 is 2.38 bits per heavy atom. The number of anilines is 1. The molecule has 1 aromatic carbocycles. The number of nitro benzene ring substituents is 1. The molecule has 0 bridgehead atoms. The van der Waals surface area contributed by atoms with Crippen molar-refractivity contribution >= 4 is 36.2 Å². The first kappa shape index (κ1) is 19.2. The molecule has 1 heterocycles. The smallest absolute Gasteiger partial charge is 0.269 e. The van der Waals surface area contributed by atoms with Crippen molar-refractivity contribution in [3.8, 4) is 0 Å². The van der Waals surface area contributed by atoms with E-state index in [4.69, 9.17) is 4.42 Å². The van der Waals surface area contributed by atoms with Gasteiger partial charge in [-0.25, -0.2) is 0 Å². The highest BCUT2D eigenvalue weighted by Crippen LogP contribution is 2.14. The van der Waals surface area contributed by atoms with Crippen LogP contribution in [0.5, 0.6) is 0 Å². The van der Waals surface area contributed by atoms with Crippen LogP contribution in [-0.4, -0.2) is 18.0 Å². The van der Waals surface area contributed by atoms with E-state index in [2.05, 4.69) is 10.6 Å². The van der Waals surface area contributed by atoms with Crippen molar-refractivity contribution in [2.75, 3.05) is 18.4 Å². The lowest BCUT2D eigenvalue weighted by Gasteiger charge is -2.06. The minimum atomic E-state index is -0.408. The third-order valence-electron chi connectivity index (χ3n) is 2.59. The Hall–Kier alpha value is -1.76. The van der Waals surface area contributed by atoms with Crippen LogP contribution < -0.4 is 10.6 Å². The van der Waals surface area contributed by atoms with Gasteiger partial charge in [-0.1, -0.05) is 0 Å². The van der Waals surface area contributed by atoms with E-state index >= 15 is 0 Å². The van der Waals surface area contributed by atoms with Crippen molar-refractivity contribution in [1.82, 2.24) is 5.32 Å². The van der Waals surface area contributed by atoms with Gasteiger partial charge in [-0.05, 0) is 24.3 Å². The lowest BCUT2D eigenvalue weighted by molar-refractivity contribution is -0.384. The van der Waals surface area contributed by atoms with Gasteiger partial charge in [0.15, 0.2) is 0 Å². The molecule has 0 aliphatic rings. The molecular weight excluding hydrogens is 317 g/mol. The molecular formula is C13H17Cl2N3O3. The fourth-order valence-corrected chi connectivity index (χ4v) is 1.62. The SMILES string of the molecule is Cl.Cl.O=[N+]([O-])c1ccc(NCCNCc2ccco2)cc1. The van der Waals surface area contributed by atoms with E-state index in [9.17, 15) is 10.1 Å². The molecule has 0 aliphatic carbocycles. The molecule has 0 spiro atoms. The average molecular weight is 334 g/mol. The highest BCUT2D eigenvalue weighted by molar-refractivity contribution is 5.85. The minimum Gasteiger partial charge on any atom is -0.468 e. The number of rotatable bonds is 7. The number of furan rings is 1. The summed E-state index contributed by atoms with van der Waals surface area (Å²) in [5, 5.41) is 16.9. The van der Waals surface area contributed by atoms with E-state index < -0.39 is 4.92 Å². The molecule has 21 heavy (non-hydrogen) atoms. The van der Waals surface area contributed by atoms with E-state index in [1.807, 2.05) is 12.1 Å². The third-order valence-corrected chi connectivity index (χ3v) is 2.59. The van der Waals surface area contributed by atoms with Gasteiger partial charge in [0.05, 0.1) is 17.7 Å². The van der Waals surface area contributed by atoms with E-state index in [1.165, 1.54) is 12.1 Å². The van der Waals surface area contributed by atoms with Crippen LogP contribution in [0.4, 0.5) is 11.4 Å². The van der Waals surface area contributed by atoms with Crippen LogP contribution in [0, 0.1) is 10.1 Å². The van der Waals surface area contributed by atoms with Crippen LogP contribution in [0.25, 0.3) is 0 Å². The Labute approximate surface area is 134 Å². The third kappa shape index (κ3) is 6.48. The van der Waals surface area contributed by atoms with Crippen molar-refractivity contribution < 1.29 is 9.34 Å². The molecule has 0 aliphatic heterocycles. The zero-order valence-corrected chi connectivity index (χ0v) is 12.8. The zero-order valence-electron chi connectivity index (χ0n) is 11.2. The van der Waals surface area contributed by atoms with Gasteiger partial charge in [0, 0.05) is 30.9 Å². The summed E-state index contributed by atoms with van der Waals surface area (Å²) in [6.07, 6.45) is 1.64. The van der Waals surface area contributed by atoms with Crippen molar-refractivity contribution in [2.45, 2.75) is 6.54 Å². The van der Waals surface area contributed by atoms with Gasteiger partial charge in [-0.15, -0.1) is 24.8 Å². The summed E-state index contributed by atoms with van der Waals surface area (Å²) in [7, 11) is 0. The summed E-state index contributed by atoms with van der Waals surface area (Å²) in [6.45, 7) is 2.20. The normalized spacial score (nSPS) is 9.33. The number of halogens is 2. The molecule has 1 aromatic heterocycles. The van der Waals surface area contributed by atoms with E-state index in [-0.39, 0.29) is 30.5 Å². The number of nitro groups is 1. The Morgan fingerprint density at radius 1 is 1.10 bits per heavy atom. The second-order valence-electron chi connectivity index (χ2n) is 3.99. The first-order valence-electron chi connectivity index (χ1n) is 5.97. The molecule has 0 unspecified atom stereocenters. The summed E-state index contributed by atoms with van der Waals surface area (Å²) >= 11 is 0. The molecule has 0 saturated heterocycles.